The Hall–Kier alpha value is -0.430. The fourth-order valence-electron chi connectivity index (χ4n) is 2.34. The molecule has 0 amide bonds. The van der Waals surface area contributed by atoms with Gasteiger partial charge in [-0.05, 0) is 34.9 Å². The summed E-state index contributed by atoms with van der Waals surface area (Å²) in [4.78, 5) is 1.03. The average molecular weight is 222 g/mol. The molecule has 0 heterocycles. The maximum absolute atomic E-state index is 4.31. The summed E-state index contributed by atoms with van der Waals surface area (Å²) in [5.41, 5.74) is 2.00. The van der Waals surface area contributed by atoms with Crippen molar-refractivity contribution in [1.82, 2.24) is 0 Å². The van der Waals surface area contributed by atoms with E-state index in [1.807, 2.05) is 0 Å². The lowest BCUT2D eigenvalue weighted by molar-refractivity contribution is 0.284. The highest BCUT2D eigenvalue weighted by Crippen LogP contribution is 2.36. The van der Waals surface area contributed by atoms with Gasteiger partial charge in [-0.25, -0.2) is 0 Å². The van der Waals surface area contributed by atoms with Crippen LogP contribution in [0.5, 0.6) is 0 Å². The third kappa shape index (κ3) is 3.90. The molecule has 0 aromatic heterocycles. The molecule has 1 aromatic rings. The van der Waals surface area contributed by atoms with Gasteiger partial charge in [0, 0.05) is 4.90 Å². The van der Waals surface area contributed by atoms with Gasteiger partial charge in [0.25, 0.3) is 0 Å². The van der Waals surface area contributed by atoms with Gasteiger partial charge < -0.3 is 0 Å². The molecule has 0 nitrogen and oxygen atoms in total. The fourth-order valence-corrected chi connectivity index (χ4v) is 2.49. The van der Waals surface area contributed by atoms with Crippen LogP contribution in [0.3, 0.4) is 0 Å². The first-order valence-electron chi connectivity index (χ1n) is 5.50. The van der Waals surface area contributed by atoms with Gasteiger partial charge in [-0.15, -0.1) is 12.6 Å². The maximum Gasteiger partial charge on any atom is 0.00401 e. The third-order valence-corrected chi connectivity index (χ3v) is 2.92. The Labute approximate surface area is 99.5 Å². The van der Waals surface area contributed by atoms with E-state index >= 15 is 0 Å². The van der Waals surface area contributed by atoms with Crippen molar-refractivity contribution >= 4 is 12.6 Å². The normalized spacial score (nSPS) is 12.9. The van der Waals surface area contributed by atoms with Crippen LogP contribution in [0.4, 0.5) is 0 Å². The zero-order valence-corrected chi connectivity index (χ0v) is 11.4. The molecule has 0 N–H and O–H groups in total. The van der Waals surface area contributed by atoms with Crippen molar-refractivity contribution in [3.05, 3.63) is 29.8 Å². The molecule has 0 saturated carbocycles. The van der Waals surface area contributed by atoms with Crippen LogP contribution in [0.2, 0.25) is 0 Å². The van der Waals surface area contributed by atoms with Gasteiger partial charge in [0.15, 0.2) is 0 Å². The van der Waals surface area contributed by atoms with E-state index < -0.39 is 0 Å². The Morgan fingerprint density at radius 3 is 1.80 bits per heavy atom. The second kappa shape index (κ2) is 4.21. The van der Waals surface area contributed by atoms with Crippen molar-refractivity contribution in [2.45, 2.75) is 51.3 Å². The summed E-state index contributed by atoms with van der Waals surface area (Å²) in [6, 6.07) is 8.52. The van der Waals surface area contributed by atoms with Crippen molar-refractivity contribution in [1.29, 1.82) is 0 Å². The number of benzene rings is 1. The van der Waals surface area contributed by atoms with Crippen LogP contribution in [0.25, 0.3) is 0 Å². The van der Waals surface area contributed by atoms with Gasteiger partial charge in [0.2, 0.25) is 0 Å². The van der Waals surface area contributed by atoms with Crippen molar-refractivity contribution in [2.24, 2.45) is 5.41 Å². The standard InChI is InChI=1S/C14H22S/c1-13(2,3)10-14(4,5)11-6-8-12(15)9-7-11/h6-9,15H,10H2,1-5H3. The van der Waals surface area contributed by atoms with E-state index in [-0.39, 0.29) is 5.41 Å². The monoisotopic (exact) mass is 222 g/mol. The lowest BCUT2D eigenvalue weighted by Crippen LogP contribution is -2.24. The molecule has 84 valence electrons. The maximum atomic E-state index is 4.31. The summed E-state index contributed by atoms with van der Waals surface area (Å²) in [5.74, 6) is 0. The molecule has 0 fully saturated rings. The molecule has 0 atom stereocenters. The van der Waals surface area contributed by atoms with Crippen molar-refractivity contribution in [3.63, 3.8) is 0 Å². The molecule has 1 aromatic carbocycles. The molecule has 0 saturated heterocycles. The van der Waals surface area contributed by atoms with Crippen molar-refractivity contribution < 1.29 is 0 Å². The summed E-state index contributed by atoms with van der Waals surface area (Å²) < 4.78 is 0. The molecule has 0 aliphatic heterocycles. The zero-order valence-electron chi connectivity index (χ0n) is 10.5. The molecule has 0 radical (unpaired) electrons. The zero-order chi connectivity index (χ0) is 11.7. The first-order chi connectivity index (χ1) is 6.71. The van der Waals surface area contributed by atoms with Gasteiger partial charge in [0.05, 0.1) is 0 Å². The van der Waals surface area contributed by atoms with Gasteiger partial charge in [-0.2, -0.15) is 0 Å². The van der Waals surface area contributed by atoms with Gasteiger partial charge >= 0.3 is 0 Å². The smallest absolute Gasteiger partial charge is 0.00401 e. The van der Waals surface area contributed by atoms with Gasteiger partial charge in [-0.1, -0.05) is 46.8 Å². The molecule has 0 aliphatic rings. The number of rotatable bonds is 2. The van der Waals surface area contributed by atoms with Crippen LogP contribution >= 0.6 is 12.6 Å². The van der Waals surface area contributed by atoms with E-state index in [1.165, 1.54) is 12.0 Å². The van der Waals surface area contributed by atoms with Gasteiger partial charge in [-0.3, -0.25) is 0 Å². The Morgan fingerprint density at radius 1 is 0.933 bits per heavy atom. The number of hydrogen-bond acceptors (Lipinski definition) is 1. The van der Waals surface area contributed by atoms with E-state index in [9.17, 15) is 0 Å². The lowest BCUT2D eigenvalue weighted by Gasteiger charge is -2.33. The first-order valence-corrected chi connectivity index (χ1v) is 5.95. The van der Waals surface area contributed by atoms with Crippen LogP contribution in [0.1, 0.15) is 46.6 Å². The number of thiol groups is 1. The van der Waals surface area contributed by atoms with E-state index in [4.69, 9.17) is 0 Å². The summed E-state index contributed by atoms with van der Waals surface area (Å²) in [7, 11) is 0. The molecule has 0 bridgehead atoms. The minimum absolute atomic E-state index is 0.236. The van der Waals surface area contributed by atoms with Crippen LogP contribution in [-0.2, 0) is 5.41 Å². The highest BCUT2D eigenvalue weighted by molar-refractivity contribution is 7.80. The summed E-state index contributed by atoms with van der Waals surface area (Å²) >= 11 is 4.31. The summed E-state index contributed by atoms with van der Waals surface area (Å²) in [6.45, 7) is 11.5. The molecule has 15 heavy (non-hydrogen) atoms. The highest BCUT2D eigenvalue weighted by Gasteiger charge is 2.26. The van der Waals surface area contributed by atoms with Crippen LogP contribution < -0.4 is 0 Å². The summed E-state index contributed by atoms with van der Waals surface area (Å²) in [5, 5.41) is 0. The van der Waals surface area contributed by atoms with E-state index in [2.05, 4.69) is 71.5 Å². The molecule has 1 rings (SSSR count). The first kappa shape index (κ1) is 12.6. The van der Waals surface area contributed by atoms with Crippen LogP contribution in [0, 0.1) is 5.41 Å². The Kier molecular flexibility index (Phi) is 3.55. The van der Waals surface area contributed by atoms with Crippen molar-refractivity contribution in [3.8, 4) is 0 Å². The second-order valence-corrected chi connectivity index (χ2v) is 6.68. The SMILES string of the molecule is CC(C)(C)CC(C)(C)c1ccc(S)cc1. The predicted molar refractivity (Wildman–Crippen MR) is 70.8 cm³/mol. The van der Waals surface area contributed by atoms with Crippen LogP contribution in [-0.4, -0.2) is 0 Å². The molecule has 0 spiro atoms. The van der Waals surface area contributed by atoms with Gasteiger partial charge in [0.1, 0.15) is 0 Å². The lowest BCUT2D eigenvalue weighted by atomic mass is 9.72. The minimum Gasteiger partial charge on any atom is -0.143 e. The molecular weight excluding hydrogens is 200 g/mol. The third-order valence-electron chi connectivity index (χ3n) is 2.62. The highest BCUT2D eigenvalue weighted by atomic mass is 32.1. The fraction of sp³-hybridized carbons (Fsp3) is 0.571. The molecular formula is C14H22S. The average Bonchev–Trinajstić information content (AvgIpc) is 2.00. The second-order valence-electron chi connectivity index (χ2n) is 6.17. The number of hydrogen-bond donors (Lipinski definition) is 1. The molecule has 0 unspecified atom stereocenters. The Morgan fingerprint density at radius 2 is 1.40 bits per heavy atom. The molecule has 1 heteroatoms. The van der Waals surface area contributed by atoms with E-state index in [0.717, 1.165) is 4.90 Å². The van der Waals surface area contributed by atoms with Crippen LogP contribution in [0.15, 0.2) is 29.2 Å². The van der Waals surface area contributed by atoms with E-state index in [0.29, 0.717) is 5.41 Å². The van der Waals surface area contributed by atoms with E-state index in [1.54, 1.807) is 0 Å². The Bertz CT molecular complexity index is 314. The predicted octanol–water partition coefficient (Wildman–Crippen LogP) is 4.69. The summed E-state index contributed by atoms with van der Waals surface area (Å²) in [6.07, 6.45) is 1.19. The topological polar surface area (TPSA) is 0 Å². The quantitative estimate of drug-likeness (QED) is 0.690. The minimum atomic E-state index is 0.236. The van der Waals surface area contributed by atoms with Crippen molar-refractivity contribution in [2.75, 3.05) is 0 Å². The Balaban J connectivity index is 2.90. The molecule has 0 aliphatic carbocycles. The largest absolute Gasteiger partial charge is 0.143 e.